The van der Waals surface area contributed by atoms with Gasteiger partial charge in [-0.15, -0.1) is 0 Å². The van der Waals surface area contributed by atoms with Gasteiger partial charge in [0.1, 0.15) is 0 Å². The van der Waals surface area contributed by atoms with Crippen LogP contribution in [0.25, 0.3) is 0 Å². The molecule has 0 rings (SSSR count). The molecule has 0 N–H and O–H groups in total. The van der Waals surface area contributed by atoms with E-state index >= 15 is 0 Å². The van der Waals surface area contributed by atoms with Crippen molar-refractivity contribution in [2.24, 2.45) is 0 Å². The van der Waals surface area contributed by atoms with E-state index in [0.717, 1.165) is 88.9 Å². The molecule has 0 bridgehead atoms. The van der Waals surface area contributed by atoms with Gasteiger partial charge < -0.3 is 0 Å². The normalized spacial score (nSPS) is 15.7. The first kappa shape index (κ1) is 29.8. The fraction of sp³-hybridized carbons (Fsp3) is 1.00. The van der Waals surface area contributed by atoms with Crippen molar-refractivity contribution in [2.75, 3.05) is 30.8 Å². The van der Waals surface area contributed by atoms with Crippen LogP contribution in [-0.4, -0.2) is 30.8 Å². The molecule has 0 aliphatic carbocycles. The van der Waals surface area contributed by atoms with Gasteiger partial charge in [0.2, 0.25) is 0 Å². The molecule has 0 aromatic heterocycles. The Kier molecular flexibility index (Phi) is 17.7. The van der Waals surface area contributed by atoms with E-state index < -0.39 is 14.4 Å². The van der Waals surface area contributed by atoms with Crippen molar-refractivity contribution in [3.63, 3.8) is 0 Å². The molecule has 1 unspecified atom stereocenters. The second-order valence-corrected chi connectivity index (χ2v) is 15.8. The first-order chi connectivity index (χ1) is 11.8. The zero-order chi connectivity index (χ0) is 19.3. The van der Waals surface area contributed by atoms with E-state index in [-0.39, 0.29) is 35.7 Å². The van der Waals surface area contributed by atoms with Crippen molar-refractivity contribution in [1.29, 1.82) is 0 Å². The van der Waals surface area contributed by atoms with Crippen LogP contribution in [0, 0.1) is 0 Å². The van der Waals surface area contributed by atoms with Crippen LogP contribution >= 0.6 is 14.4 Å². The summed E-state index contributed by atoms with van der Waals surface area (Å²) in [6.45, 7) is 8.19. The SMILES string of the molecule is CCCCP(=O)([O-])OP(CCCC)(CCCC)(CCCC)CCCC.[Na+]. The van der Waals surface area contributed by atoms with Crippen LogP contribution in [-0.2, 0) is 8.88 Å². The molecule has 0 aliphatic heterocycles. The quantitative estimate of drug-likeness (QED) is 0.265. The molecule has 3 nitrogen and oxygen atoms in total. The minimum Gasteiger partial charge on any atom is 1.00 e. The van der Waals surface area contributed by atoms with E-state index in [2.05, 4.69) is 27.7 Å². The van der Waals surface area contributed by atoms with Gasteiger partial charge in [-0.05, 0) is 0 Å². The van der Waals surface area contributed by atoms with Gasteiger partial charge in [-0.3, -0.25) is 0 Å². The van der Waals surface area contributed by atoms with Gasteiger partial charge in [-0.1, -0.05) is 0 Å². The Morgan fingerprint density at radius 2 is 1.00 bits per heavy atom. The zero-order valence-corrected chi connectivity index (χ0v) is 22.5. The van der Waals surface area contributed by atoms with Crippen LogP contribution in [0.4, 0.5) is 0 Å². The maximum atomic E-state index is 12.9. The average molecular weight is 419 g/mol. The second kappa shape index (κ2) is 15.4. The van der Waals surface area contributed by atoms with Crippen molar-refractivity contribution >= 4 is 14.4 Å². The number of hydrogen-bond acceptors (Lipinski definition) is 3. The molecule has 154 valence electrons. The van der Waals surface area contributed by atoms with E-state index in [4.69, 9.17) is 4.31 Å². The summed E-state index contributed by atoms with van der Waals surface area (Å²) in [5, 5.41) is 0. The minimum atomic E-state index is -3.75. The van der Waals surface area contributed by atoms with Crippen LogP contribution in [0.1, 0.15) is 98.8 Å². The van der Waals surface area contributed by atoms with Gasteiger partial charge in [0, 0.05) is 0 Å². The Labute approximate surface area is 186 Å². The molecule has 0 aromatic rings. The molecule has 0 saturated heterocycles. The molecule has 0 amide bonds. The molecule has 0 heterocycles. The van der Waals surface area contributed by atoms with Gasteiger partial charge in [-0.25, -0.2) is 0 Å². The molecule has 0 spiro atoms. The summed E-state index contributed by atoms with van der Waals surface area (Å²) in [5.74, 6) is 0. The maximum absolute atomic E-state index is 12.9. The third kappa shape index (κ3) is 10.9. The Hall–Kier alpha value is 1.58. The van der Waals surface area contributed by atoms with Crippen LogP contribution in [0.2, 0.25) is 0 Å². The van der Waals surface area contributed by atoms with Crippen LogP contribution in [0.5, 0.6) is 0 Å². The van der Waals surface area contributed by atoms with Crippen molar-refractivity contribution in [2.45, 2.75) is 98.8 Å². The Morgan fingerprint density at radius 1 is 0.692 bits per heavy atom. The standard InChI is InChI=1S/C20H46O3P2.Na/c1-6-11-16-24(21,22)23-25(17-12-7-2,18-13-8-3,19-14-9-4)20-15-10-5;/h6-20H2,1-5H3,(H,21,22);/q;+1/p-1. The molecular formula is C20H45NaO3P2. The van der Waals surface area contributed by atoms with E-state index in [1.807, 2.05) is 6.92 Å². The summed E-state index contributed by atoms with van der Waals surface area (Å²) in [6, 6.07) is 0. The molecule has 26 heavy (non-hydrogen) atoms. The average Bonchev–Trinajstić information content (AvgIpc) is 2.60. The van der Waals surface area contributed by atoms with Crippen LogP contribution in [0.3, 0.4) is 0 Å². The molecule has 0 fully saturated rings. The minimum absolute atomic E-state index is 0. The number of hydrogen-bond donors (Lipinski definition) is 0. The zero-order valence-electron chi connectivity index (χ0n) is 18.7. The van der Waals surface area contributed by atoms with Gasteiger partial charge in [0.25, 0.3) is 0 Å². The third-order valence-electron chi connectivity index (χ3n) is 5.45. The summed E-state index contributed by atoms with van der Waals surface area (Å²) in [4.78, 5) is 12.9. The molecule has 0 aliphatic rings. The summed E-state index contributed by atoms with van der Waals surface area (Å²) >= 11 is 0. The van der Waals surface area contributed by atoms with Crippen molar-refractivity contribution < 1.29 is 43.3 Å². The first-order valence-corrected chi connectivity index (χ1v) is 15.5. The number of rotatable bonds is 17. The van der Waals surface area contributed by atoms with Crippen molar-refractivity contribution in [3.8, 4) is 0 Å². The van der Waals surface area contributed by atoms with Gasteiger partial charge in [0.05, 0.1) is 0 Å². The summed E-state index contributed by atoms with van der Waals surface area (Å²) in [7, 11) is -3.75. The summed E-state index contributed by atoms with van der Waals surface area (Å²) in [5.41, 5.74) is 0. The van der Waals surface area contributed by atoms with E-state index in [0.29, 0.717) is 0 Å². The molecule has 0 saturated carbocycles. The largest absolute Gasteiger partial charge is 1.00 e. The van der Waals surface area contributed by atoms with E-state index in [1.165, 1.54) is 0 Å². The summed E-state index contributed by atoms with van der Waals surface area (Å²) < 4.78 is 19.4. The molecule has 0 aromatic carbocycles. The molecular weight excluding hydrogens is 373 g/mol. The Balaban J connectivity index is 0. The number of unbranched alkanes of at least 4 members (excludes halogenated alkanes) is 5. The first-order valence-electron chi connectivity index (χ1n) is 10.8. The van der Waals surface area contributed by atoms with Crippen molar-refractivity contribution in [3.05, 3.63) is 0 Å². The van der Waals surface area contributed by atoms with E-state index in [9.17, 15) is 9.46 Å². The monoisotopic (exact) mass is 418 g/mol. The van der Waals surface area contributed by atoms with Gasteiger partial charge in [0.15, 0.2) is 0 Å². The fourth-order valence-electron chi connectivity index (χ4n) is 3.81. The molecule has 0 radical (unpaired) electrons. The third-order valence-corrected chi connectivity index (χ3v) is 14.9. The molecule has 1 atom stereocenters. The second-order valence-electron chi connectivity index (χ2n) is 7.94. The van der Waals surface area contributed by atoms with Crippen molar-refractivity contribution in [1.82, 2.24) is 0 Å². The predicted octanol–water partition coefficient (Wildman–Crippen LogP) is 4.03. The van der Waals surface area contributed by atoms with Gasteiger partial charge >= 0.3 is 187 Å². The smallest absolute Gasteiger partial charge is 1.00 e. The molecule has 6 heteroatoms. The maximum Gasteiger partial charge on any atom is 1.00 e. The van der Waals surface area contributed by atoms with Gasteiger partial charge in [-0.2, -0.15) is 0 Å². The fourth-order valence-corrected chi connectivity index (χ4v) is 14.8. The van der Waals surface area contributed by atoms with E-state index in [1.54, 1.807) is 0 Å². The Bertz CT molecular complexity index is 348. The van der Waals surface area contributed by atoms with Crippen LogP contribution < -0.4 is 34.5 Å². The van der Waals surface area contributed by atoms with Crippen LogP contribution in [0.15, 0.2) is 0 Å². The topological polar surface area (TPSA) is 49.4 Å². The predicted molar refractivity (Wildman–Crippen MR) is 114 cm³/mol. The summed E-state index contributed by atoms with van der Waals surface area (Å²) in [6.07, 6.45) is 14.8. The Morgan fingerprint density at radius 3 is 1.27 bits per heavy atom.